The van der Waals surface area contributed by atoms with E-state index in [0.717, 1.165) is 36.8 Å². The number of carbonyl (C=O) groups is 2. The fourth-order valence-electron chi connectivity index (χ4n) is 3.71. The Bertz CT molecular complexity index is 940. The van der Waals surface area contributed by atoms with Gasteiger partial charge in [-0.1, -0.05) is 24.9 Å². The molecule has 162 valence electrons. The number of thiophene rings is 1. The number of rotatable bonds is 7. The zero-order valence-electron chi connectivity index (χ0n) is 17.8. The number of aryl methyl sites for hydroxylation is 1. The predicted molar refractivity (Wildman–Crippen MR) is 121 cm³/mol. The highest BCUT2D eigenvalue weighted by atomic mass is 35.5. The van der Waals surface area contributed by atoms with E-state index in [-0.39, 0.29) is 11.9 Å². The summed E-state index contributed by atoms with van der Waals surface area (Å²) in [6.45, 7) is 7.84. The van der Waals surface area contributed by atoms with Crippen LogP contribution in [0, 0.1) is 12.8 Å². The number of carbonyl (C=O) groups excluding carboxylic acids is 2. The lowest BCUT2D eigenvalue weighted by molar-refractivity contribution is -0.122. The van der Waals surface area contributed by atoms with Crippen molar-refractivity contribution in [2.45, 2.75) is 59.5 Å². The summed E-state index contributed by atoms with van der Waals surface area (Å²) in [4.78, 5) is 26.7. The smallest absolute Gasteiger partial charge is 0.341 e. The lowest BCUT2D eigenvalue weighted by atomic mass is 9.85. The van der Waals surface area contributed by atoms with Gasteiger partial charge in [-0.15, -0.1) is 11.3 Å². The van der Waals surface area contributed by atoms with E-state index in [1.807, 2.05) is 6.92 Å². The van der Waals surface area contributed by atoms with Gasteiger partial charge < -0.3 is 14.8 Å². The van der Waals surface area contributed by atoms with Gasteiger partial charge in [0.1, 0.15) is 10.8 Å². The number of benzene rings is 1. The topological polar surface area (TPSA) is 64.6 Å². The molecule has 2 atom stereocenters. The molecule has 2 aromatic rings. The van der Waals surface area contributed by atoms with E-state index in [0.29, 0.717) is 33.9 Å². The molecule has 1 aliphatic rings. The maximum Gasteiger partial charge on any atom is 0.341 e. The van der Waals surface area contributed by atoms with Crippen molar-refractivity contribution in [3.63, 3.8) is 0 Å². The van der Waals surface area contributed by atoms with Gasteiger partial charge in [-0.3, -0.25) is 4.79 Å². The lowest BCUT2D eigenvalue weighted by Gasteiger charge is -2.21. The van der Waals surface area contributed by atoms with Crippen molar-refractivity contribution >= 4 is 39.8 Å². The molecule has 0 aliphatic heterocycles. The van der Waals surface area contributed by atoms with Crippen molar-refractivity contribution in [1.82, 2.24) is 0 Å². The Morgan fingerprint density at radius 1 is 1.33 bits per heavy atom. The van der Waals surface area contributed by atoms with E-state index >= 15 is 0 Å². The third kappa shape index (κ3) is 4.98. The molecule has 3 rings (SSSR count). The quantitative estimate of drug-likeness (QED) is 0.542. The van der Waals surface area contributed by atoms with Crippen LogP contribution in [0.1, 0.15) is 60.0 Å². The number of halogens is 1. The number of amides is 1. The molecule has 1 heterocycles. The number of hydrogen-bond donors (Lipinski definition) is 1. The van der Waals surface area contributed by atoms with Crippen LogP contribution < -0.4 is 10.1 Å². The zero-order valence-corrected chi connectivity index (χ0v) is 19.4. The summed E-state index contributed by atoms with van der Waals surface area (Å²) in [5, 5.41) is 4.09. The SMILES string of the molecule is CCOC(=O)c1c(NC(=O)C(C)Oc2ccc(Cl)cc2C)sc2c1CCC(CC)C2. The van der Waals surface area contributed by atoms with Gasteiger partial charge in [0.25, 0.3) is 5.91 Å². The number of fused-ring (bicyclic) bond motifs is 1. The van der Waals surface area contributed by atoms with E-state index in [2.05, 4.69) is 12.2 Å². The highest BCUT2D eigenvalue weighted by Crippen LogP contribution is 2.41. The number of esters is 1. The molecule has 7 heteroatoms. The zero-order chi connectivity index (χ0) is 21.8. The maximum atomic E-state index is 12.9. The second-order valence-corrected chi connectivity index (χ2v) is 9.15. The largest absolute Gasteiger partial charge is 0.481 e. The van der Waals surface area contributed by atoms with Gasteiger partial charge in [0, 0.05) is 9.90 Å². The summed E-state index contributed by atoms with van der Waals surface area (Å²) in [7, 11) is 0. The first-order valence-electron chi connectivity index (χ1n) is 10.4. The average Bonchev–Trinajstić information content (AvgIpc) is 3.06. The van der Waals surface area contributed by atoms with Crippen LogP contribution in [0.5, 0.6) is 5.75 Å². The molecule has 1 aromatic carbocycles. The fourth-order valence-corrected chi connectivity index (χ4v) is 5.29. The highest BCUT2D eigenvalue weighted by Gasteiger charge is 2.30. The Labute approximate surface area is 186 Å². The number of ether oxygens (including phenoxy) is 2. The van der Waals surface area contributed by atoms with Gasteiger partial charge in [-0.2, -0.15) is 0 Å². The minimum atomic E-state index is -0.734. The molecule has 0 bridgehead atoms. The molecule has 0 radical (unpaired) electrons. The van der Waals surface area contributed by atoms with Crippen LogP contribution >= 0.6 is 22.9 Å². The van der Waals surface area contributed by atoms with Crippen molar-refractivity contribution in [1.29, 1.82) is 0 Å². The minimum Gasteiger partial charge on any atom is -0.481 e. The molecule has 1 N–H and O–H groups in total. The maximum absolute atomic E-state index is 12.9. The Morgan fingerprint density at radius 2 is 2.10 bits per heavy atom. The lowest BCUT2D eigenvalue weighted by Crippen LogP contribution is -2.30. The summed E-state index contributed by atoms with van der Waals surface area (Å²) >= 11 is 7.48. The number of hydrogen-bond acceptors (Lipinski definition) is 5. The van der Waals surface area contributed by atoms with Crippen molar-refractivity contribution in [2.75, 3.05) is 11.9 Å². The molecule has 0 spiro atoms. The Kier molecular flexibility index (Phi) is 7.42. The monoisotopic (exact) mass is 449 g/mol. The van der Waals surface area contributed by atoms with Crippen molar-refractivity contribution in [3.05, 3.63) is 44.8 Å². The Hall–Kier alpha value is -2.05. The van der Waals surface area contributed by atoms with E-state index in [4.69, 9.17) is 21.1 Å². The van der Waals surface area contributed by atoms with Gasteiger partial charge >= 0.3 is 5.97 Å². The van der Waals surface area contributed by atoms with Crippen LogP contribution in [-0.2, 0) is 22.4 Å². The molecule has 5 nitrogen and oxygen atoms in total. The van der Waals surface area contributed by atoms with Crippen molar-refractivity contribution in [3.8, 4) is 5.75 Å². The number of anilines is 1. The van der Waals surface area contributed by atoms with E-state index in [1.54, 1.807) is 32.0 Å². The van der Waals surface area contributed by atoms with Gasteiger partial charge in [0.05, 0.1) is 12.2 Å². The van der Waals surface area contributed by atoms with Crippen LogP contribution in [0.2, 0.25) is 5.02 Å². The Balaban J connectivity index is 1.81. The van der Waals surface area contributed by atoms with Gasteiger partial charge in [-0.25, -0.2) is 4.79 Å². The van der Waals surface area contributed by atoms with Crippen LogP contribution in [0.3, 0.4) is 0 Å². The normalized spacial score (nSPS) is 16.5. The standard InChI is InChI=1S/C23H28ClNO4S/c1-5-15-7-9-17-19(12-15)30-22(20(17)23(27)28-6-2)25-21(26)14(4)29-18-10-8-16(24)11-13(18)3/h8,10-11,14-15H,5-7,9,12H2,1-4H3,(H,25,26). The molecule has 1 aliphatic carbocycles. The Morgan fingerprint density at radius 3 is 2.77 bits per heavy atom. The van der Waals surface area contributed by atoms with Crippen LogP contribution in [-0.4, -0.2) is 24.6 Å². The van der Waals surface area contributed by atoms with Crippen LogP contribution in [0.15, 0.2) is 18.2 Å². The van der Waals surface area contributed by atoms with Crippen LogP contribution in [0.4, 0.5) is 5.00 Å². The third-order valence-corrected chi connectivity index (χ3v) is 6.88. The van der Waals surface area contributed by atoms with E-state index in [1.165, 1.54) is 16.2 Å². The van der Waals surface area contributed by atoms with Crippen molar-refractivity contribution < 1.29 is 19.1 Å². The van der Waals surface area contributed by atoms with Gasteiger partial charge in [-0.05, 0) is 75.3 Å². The molecule has 0 saturated heterocycles. The first kappa shape index (κ1) is 22.6. The molecule has 1 aromatic heterocycles. The van der Waals surface area contributed by atoms with Crippen LogP contribution in [0.25, 0.3) is 0 Å². The van der Waals surface area contributed by atoms with Crippen molar-refractivity contribution in [2.24, 2.45) is 5.92 Å². The molecular formula is C23H28ClNO4S. The molecule has 2 unspecified atom stereocenters. The average molecular weight is 450 g/mol. The van der Waals surface area contributed by atoms with Gasteiger partial charge in [0.15, 0.2) is 6.10 Å². The highest BCUT2D eigenvalue weighted by molar-refractivity contribution is 7.17. The molecule has 1 amide bonds. The summed E-state index contributed by atoms with van der Waals surface area (Å²) in [6, 6.07) is 5.27. The summed E-state index contributed by atoms with van der Waals surface area (Å²) in [5.74, 6) is 0.539. The minimum absolute atomic E-state index is 0.295. The van der Waals surface area contributed by atoms with E-state index in [9.17, 15) is 9.59 Å². The molecular weight excluding hydrogens is 422 g/mol. The summed E-state index contributed by atoms with van der Waals surface area (Å²) in [6.07, 6.45) is 3.20. The second-order valence-electron chi connectivity index (χ2n) is 7.60. The third-order valence-electron chi connectivity index (χ3n) is 5.47. The summed E-state index contributed by atoms with van der Waals surface area (Å²) < 4.78 is 11.1. The fraction of sp³-hybridized carbons (Fsp3) is 0.478. The first-order valence-corrected chi connectivity index (χ1v) is 11.6. The van der Waals surface area contributed by atoms with Gasteiger partial charge in [0.2, 0.25) is 0 Å². The second kappa shape index (κ2) is 9.84. The van der Waals surface area contributed by atoms with E-state index < -0.39 is 6.10 Å². The first-order chi connectivity index (χ1) is 14.3. The molecule has 30 heavy (non-hydrogen) atoms. The number of nitrogens with one attached hydrogen (secondary N) is 1. The molecule has 0 fully saturated rings. The summed E-state index contributed by atoms with van der Waals surface area (Å²) in [5.41, 5.74) is 2.39. The predicted octanol–water partition coefficient (Wildman–Crippen LogP) is 5.81. The molecule has 0 saturated carbocycles.